The molecule has 1 aromatic rings. The summed E-state index contributed by atoms with van der Waals surface area (Å²) in [5.74, 6) is 0. The predicted octanol–water partition coefficient (Wildman–Crippen LogP) is 2.96. The molecular weight excluding hydrogens is 281 g/mol. The van der Waals surface area contributed by atoms with Crippen LogP contribution in [0.3, 0.4) is 0 Å². The summed E-state index contributed by atoms with van der Waals surface area (Å²) < 4.78 is 5.86. The van der Waals surface area contributed by atoms with E-state index in [9.17, 15) is 4.79 Å². The summed E-state index contributed by atoms with van der Waals surface area (Å²) in [6.07, 6.45) is -0.339. The van der Waals surface area contributed by atoms with Crippen molar-refractivity contribution in [1.29, 1.82) is 0 Å². The van der Waals surface area contributed by atoms with Gasteiger partial charge < -0.3 is 10.1 Å². The molecule has 1 saturated heterocycles. The van der Waals surface area contributed by atoms with Gasteiger partial charge in [-0.15, -0.1) is 12.4 Å². The van der Waals surface area contributed by atoms with Gasteiger partial charge >= 0.3 is 6.09 Å². The summed E-state index contributed by atoms with van der Waals surface area (Å²) in [7, 11) is 0. The van der Waals surface area contributed by atoms with E-state index in [0.29, 0.717) is 6.61 Å². The lowest BCUT2D eigenvalue weighted by atomic mass is 10.0. The van der Waals surface area contributed by atoms with Gasteiger partial charge in [0, 0.05) is 4.47 Å². The number of halogens is 2. The van der Waals surface area contributed by atoms with E-state index < -0.39 is 0 Å². The largest absolute Gasteiger partial charge is 0.447 e. The van der Waals surface area contributed by atoms with E-state index in [4.69, 9.17) is 4.74 Å². The first-order valence-corrected chi connectivity index (χ1v) is 5.15. The number of aryl methyl sites for hydroxylation is 1. The summed E-state index contributed by atoms with van der Waals surface area (Å²) >= 11 is 3.40. The molecule has 1 aliphatic heterocycles. The Labute approximate surface area is 103 Å². The SMILES string of the molecule is Cc1ccc(Br)cc1[C@@H]1COC(=O)N1.Cl. The van der Waals surface area contributed by atoms with Crippen molar-refractivity contribution < 1.29 is 9.53 Å². The lowest BCUT2D eigenvalue weighted by molar-refractivity contribution is 0.177. The molecule has 1 fully saturated rings. The molecule has 1 heterocycles. The fourth-order valence-electron chi connectivity index (χ4n) is 1.54. The van der Waals surface area contributed by atoms with Crippen LogP contribution in [-0.4, -0.2) is 12.7 Å². The molecule has 0 radical (unpaired) electrons. The van der Waals surface area contributed by atoms with Crippen molar-refractivity contribution in [3.05, 3.63) is 33.8 Å². The molecule has 0 bridgehead atoms. The minimum atomic E-state index is -0.339. The number of hydrogen-bond acceptors (Lipinski definition) is 2. The van der Waals surface area contributed by atoms with Gasteiger partial charge in [-0.2, -0.15) is 0 Å². The van der Waals surface area contributed by atoms with Crippen molar-refractivity contribution in [2.45, 2.75) is 13.0 Å². The second-order valence-electron chi connectivity index (χ2n) is 3.30. The molecule has 0 saturated carbocycles. The summed E-state index contributed by atoms with van der Waals surface area (Å²) in [5, 5.41) is 2.76. The third-order valence-electron chi connectivity index (χ3n) is 2.29. The number of alkyl carbamates (subject to hydrolysis) is 1. The Morgan fingerprint density at radius 3 is 2.87 bits per heavy atom. The summed E-state index contributed by atoms with van der Waals surface area (Å²) in [4.78, 5) is 10.9. The van der Waals surface area contributed by atoms with E-state index >= 15 is 0 Å². The maximum absolute atomic E-state index is 10.9. The van der Waals surface area contributed by atoms with Crippen LogP contribution in [0.5, 0.6) is 0 Å². The standard InChI is InChI=1S/C10H10BrNO2.ClH/c1-6-2-3-7(11)4-8(6)9-5-14-10(13)12-9;/h2-4,9H,5H2,1H3,(H,12,13);1H/t9-;/m0./s1. The first-order chi connectivity index (χ1) is 6.66. The highest BCUT2D eigenvalue weighted by molar-refractivity contribution is 9.10. The molecule has 15 heavy (non-hydrogen) atoms. The molecule has 0 unspecified atom stereocenters. The van der Waals surface area contributed by atoms with Gasteiger partial charge in [-0.1, -0.05) is 22.0 Å². The second kappa shape index (κ2) is 4.86. The van der Waals surface area contributed by atoms with Gasteiger partial charge in [0.1, 0.15) is 6.61 Å². The molecule has 0 aromatic heterocycles. The summed E-state index contributed by atoms with van der Waals surface area (Å²) in [5.41, 5.74) is 2.26. The molecular formula is C10H11BrClNO2. The van der Waals surface area contributed by atoms with E-state index in [1.807, 2.05) is 25.1 Å². The molecule has 3 nitrogen and oxygen atoms in total. The van der Waals surface area contributed by atoms with Crippen LogP contribution in [0.25, 0.3) is 0 Å². The van der Waals surface area contributed by atoms with Gasteiger partial charge in [0.25, 0.3) is 0 Å². The number of carbonyl (C=O) groups is 1. The highest BCUT2D eigenvalue weighted by Gasteiger charge is 2.24. The molecule has 5 heteroatoms. The van der Waals surface area contributed by atoms with Crippen molar-refractivity contribution >= 4 is 34.4 Å². The van der Waals surface area contributed by atoms with Crippen LogP contribution in [0, 0.1) is 6.92 Å². The van der Waals surface area contributed by atoms with Gasteiger partial charge in [0.2, 0.25) is 0 Å². The molecule has 82 valence electrons. The average Bonchev–Trinajstić information content (AvgIpc) is 2.56. The lowest BCUT2D eigenvalue weighted by Crippen LogP contribution is -2.19. The summed E-state index contributed by atoms with van der Waals surface area (Å²) in [6, 6.07) is 6.00. The molecule has 1 amide bonds. The van der Waals surface area contributed by atoms with Crippen LogP contribution in [0.2, 0.25) is 0 Å². The van der Waals surface area contributed by atoms with Gasteiger partial charge in [-0.25, -0.2) is 4.79 Å². The Bertz CT molecular complexity index is 384. The smallest absolute Gasteiger partial charge is 0.407 e. The minimum absolute atomic E-state index is 0. The minimum Gasteiger partial charge on any atom is -0.447 e. The van der Waals surface area contributed by atoms with Crippen molar-refractivity contribution in [2.24, 2.45) is 0 Å². The highest BCUT2D eigenvalue weighted by Crippen LogP contribution is 2.24. The number of ether oxygens (including phenoxy) is 1. The third kappa shape index (κ3) is 2.63. The lowest BCUT2D eigenvalue weighted by Gasteiger charge is -2.11. The van der Waals surface area contributed by atoms with Crippen LogP contribution in [-0.2, 0) is 4.74 Å². The van der Waals surface area contributed by atoms with Crippen molar-refractivity contribution in [3.8, 4) is 0 Å². The van der Waals surface area contributed by atoms with Crippen molar-refractivity contribution in [1.82, 2.24) is 5.32 Å². The van der Waals surface area contributed by atoms with E-state index in [1.165, 1.54) is 0 Å². The molecule has 2 rings (SSSR count). The van der Waals surface area contributed by atoms with Gasteiger partial charge in [0.15, 0.2) is 0 Å². The van der Waals surface area contributed by atoms with Crippen molar-refractivity contribution in [3.63, 3.8) is 0 Å². The Hall–Kier alpha value is -0.740. The number of rotatable bonds is 1. The molecule has 0 spiro atoms. The van der Waals surface area contributed by atoms with E-state index in [1.54, 1.807) is 0 Å². The predicted molar refractivity (Wildman–Crippen MR) is 63.4 cm³/mol. The quantitative estimate of drug-likeness (QED) is 0.864. The molecule has 1 aliphatic rings. The monoisotopic (exact) mass is 291 g/mol. The number of benzene rings is 1. The Morgan fingerprint density at radius 1 is 1.53 bits per heavy atom. The molecule has 0 aliphatic carbocycles. The maximum atomic E-state index is 10.9. The van der Waals surface area contributed by atoms with Crippen LogP contribution in [0.4, 0.5) is 4.79 Å². The van der Waals surface area contributed by atoms with Gasteiger partial charge in [-0.05, 0) is 30.2 Å². The molecule has 1 N–H and O–H groups in total. The van der Waals surface area contributed by atoms with Gasteiger partial charge in [0.05, 0.1) is 6.04 Å². The van der Waals surface area contributed by atoms with Crippen LogP contribution in [0.15, 0.2) is 22.7 Å². The second-order valence-corrected chi connectivity index (χ2v) is 4.21. The Kier molecular flexibility index (Phi) is 3.99. The number of amides is 1. The topological polar surface area (TPSA) is 38.3 Å². The molecule has 1 atom stereocenters. The number of carbonyl (C=O) groups excluding carboxylic acids is 1. The zero-order valence-corrected chi connectivity index (χ0v) is 10.5. The van der Waals surface area contributed by atoms with E-state index in [-0.39, 0.29) is 24.5 Å². The van der Waals surface area contributed by atoms with E-state index in [0.717, 1.165) is 15.6 Å². The normalized spacial score (nSPS) is 19.1. The fourth-order valence-corrected chi connectivity index (χ4v) is 1.92. The Morgan fingerprint density at radius 2 is 2.27 bits per heavy atom. The van der Waals surface area contributed by atoms with Crippen molar-refractivity contribution in [2.75, 3.05) is 6.61 Å². The third-order valence-corrected chi connectivity index (χ3v) is 2.78. The maximum Gasteiger partial charge on any atom is 0.407 e. The highest BCUT2D eigenvalue weighted by atomic mass is 79.9. The van der Waals surface area contributed by atoms with Crippen LogP contribution in [0.1, 0.15) is 17.2 Å². The number of hydrogen-bond donors (Lipinski definition) is 1. The fraction of sp³-hybridized carbons (Fsp3) is 0.300. The summed E-state index contributed by atoms with van der Waals surface area (Å²) in [6.45, 7) is 2.43. The number of nitrogens with one attached hydrogen (secondary N) is 1. The van der Waals surface area contributed by atoms with Crippen LogP contribution < -0.4 is 5.32 Å². The van der Waals surface area contributed by atoms with E-state index in [2.05, 4.69) is 21.2 Å². The Balaban J connectivity index is 0.00000112. The van der Waals surface area contributed by atoms with Crippen LogP contribution >= 0.6 is 28.3 Å². The first kappa shape index (κ1) is 12.3. The number of cyclic esters (lactones) is 1. The zero-order chi connectivity index (χ0) is 10.1. The van der Waals surface area contributed by atoms with Gasteiger partial charge in [-0.3, -0.25) is 0 Å². The average molecular weight is 293 g/mol. The zero-order valence-electron chi connectivity index (χ0n) is 8.12. The molecule has 1 aromatic carbocycles. The first-order valence-electron chi connectivity index (χ1n) is 4.36.